The van der Waals surface area contributed by atoms with Crippen molar-refractivity contribution in [3.8, 4) is 45.6 Å². The van der Waals surface area contributed by atoms with E-state index in [1.54, 1.807) is 24.3 Å². The topological polar surface area (TPSA) is 124 Å². The van der Waals surface area contributed by atoms with Gasteiger partial charge in [-0.2, -0.15) is 0 Å². The second-order valence-electron chi connectivity index (χ2n) is 9.66. The van der Waals surface area contributed by atoms with Crippen LogP contribution in [-0.2, 0) is 19.2 Å². The SMILES string of the molecule is COc1cc(C)cc2c(OC(C)=O)cc(-c3cc(OC(C)=O)c4cc(C)cc(OC)c4c3OC(C)=O)c(OC(C)=O)c12. The lowest BCUT2D eigenvalue weighted by Gasteiger charge is -2.22. The van der Waals surface area contributed by atoms with E-state index in [9.17, 15) is 19.2 Å². The maximum atomic E-state index is 12.5. The minimum Gasteiger partial charge on any atom is -0.496 e. The summed E-state index contributed by atoms with van der Waals surface area (Å²) in [7, 11) is 2.91. The molecule has 218 valence electrons. The summed E-state index contributed by atoms with van der Waals surface area (Å²) in [6.07, 6.45) is 0. The van der Waals surface area contributed by atoms with Gasteiger partial charge in [-0.05, 0) is 61.4 Å². The average Bonchev–Trinajstić information content (AvgIpc) is 2.89. The van der Waals surface area contributed by atoms with E-state index < -0.39 is 23.9 Å². The quantitative estimate of drug-likeness (QED) is 0.192. The van der Waals surface area contributed by atoms with Crippen molar-refractivity contribution < 1.29 is 47.6 Å². The van der Waals surface area contributed by atoms with Gasteiger partial charge in [0.25, 0.3) is 0 Å². The Morgan fingerprint density at radius 2 is 0.810 bits per heavy atom. The second-order valence-corrected chi connectivity index (χ2v) is 9.66. The van der Waals surface area contributed by atoms with Crippen molar-refractivity contribution in [2.24, 2.45) is 0 Å². The number of ether oxygens (including phenoxy) is 6. The van der Waals surface area contributed by atoms with Gasteiger partial charge in [0, 0.05) is 49.6 Å². The van der Waals surface area contributed by atoms with Gasteiger partial charge in [-0.25, -0.2) is 0 Å². The van der Waals surface area contributed by atoms with E-state index in [2.05, 4.69) is 0 Å². The maximum absolute atomic E-state index is 12.5. The van der Waals surface area contributed by atoms with Crippen molar-refractivity contribution in [3.05, 3.63) is 47.5 Å². The van der Waals surface area contributed by atoms with Crippen LogP contribution in [0.5, 0.6) is 34.5 Å². The lowest BCUT2D eigenvalue weighted by atomic mass is 9.93. The molecule has 0 spiro atoms. The Morgan fingerprint density at radius 3 is 1.10 bits per heavy atom. The van der Waals surface area contributed by atoms with Crippen molar-refractivity contribution in [1.82, 2.24) is 0 Å². The Hall–Kier alpha value is -5.12. The van der Waals surface area contributed by atoms with Crippen molar-refractivity contribution in [2.75, 3.05) is 14.2 Å². The van der Waals surface area contributed by atoms with Crippen LogP contribution in [0.4, 0.5) is 0 Å². The third kappa shape index (κ3) is 5.83. The second kappa shape index (κ2) is 11.8. The van der Waals surface area contributed by atoms with E-state index in [4.69, 9.17) is 28.4 Å². The molecule has 0 atom stereocenters. The predicted octanol–water partition coefficient (Wildman–Crippen LogP) is 6.00. The number of esters is 4. The number of fused-ring (bicyclic) bond motifs is 2. The highest BCUT2D eigenvalue weighted by Crippen LogP contribution is 2.53. The molecule has 0 aliphatic rings. The largest absolute Gasteiger partial charge is 0.496 e. The molecule has 0 heterocycles. The molecule has 0 aromatic heterocycles. The summed E-state index contributed by atoms with van der Waals surface area (Å²) in [5.41, 5.74) is 1.95. The Balaban J connectivity index is 2.32. The van der Waals surface area contributed by atoms with Crippen molar-refractivity contribution in [1.29, 1.82) is 0 Å². The minimum absolute atomic E-state index is 0.0397. The molecule has 0 unspecified atom stereocenters. The van der Waals surface area contributed by atoms with Gasteiger partial charge in [0.15, 0.2) is 11.5 Å². The Morgan fingerprint density at radius 1 is 0.476 bits per heavy atom. The molecule has 0 aliphatic carbocycles. The molecular weight excluding hydrogens is 544 g/mol. The van der Waals surface area contributed by atoms with Gasteiger partial charge in [-0.1, -0.05) is 0 Å². The molecule has 42 heavy (non-hydrogen) atoms. The number of aryl methyl sites for hydroxylation is 2. The summed E-state index contributed by atoms with van der Waals surface area (Å²) in [4.78, 5) is 49.3. The van der Waals surface area contributed by atoms with Crippen LogP contribution in [0.1, 0.15) is 38.8 Å². The summed E-state index contributed by atoms with van der Waals surface area (Å²) in [5, 5.41) is 1.52. The normalized spacial score (nSPS) is 10.8. The Kier molecular flexibility index (Phi) is 8.37. The van der Waals surface area contributed by atoms with Crippen LogP contribution in [-0.4, -0.2) is 38.1 Å². The lowest BCUT2D eigenvalue weighted by molar-refractivity contribution is -0.133. The predicted molar refractivity (Wildman–Crippen MR) is 155 cm³/mol. The van der Waals surface area contributed by atoms with Crippen LogP contribution in [0, 0.1) is 13.8 Å². The van der Waals surface area contributed by atoms with E-state index >= 15 is 0 Å². The van der Waals surface area contributed by atoms with Gasteiger partial charge >= 0.3 is 23.9 Å². The van der Waals surface area contributed by atoms with Crippen molar-refractivity contribution >= 4 is 45.4 Å². The zero-order valence-electron chi connectivity index (χ0n) is 24.5. The number of carbonyl (C=O) groups excluding carboxylic acids is 4. The summed E-state index contributed by atoms with van der Waals surface area (Å²) >= 11 is 0. The molecule has 0 aliphatic heterocycles. The highest BCUT2D eigenvalue weighted by molar-refractivity contribution is 6.10. The number of hydrogen-bond acceptors (Lipinski definition) is 10. The standard InChI is InChI=1S/C32H30O10/c1-15-9-23-25(39-17(3)33)13-21(31(41-19(5)35)29(23)27(11-15)37-7)22-14-26(40-18(4)34)24-10-16(2)12-28(38-8)30(24)32(22)42-20(6)36/h9-14H,1-8H3. The van der Waals surface area contributed by atoms with E-state index in [0.717, 1.165) is 11.1 Å². The highest BCUT2D eigenvalue weighted by Gasteiger charge is 2.28. The van der Waals surface area contributed by atoms with Crippen LogP contribution in [0.2, 0.25) is 0 Å². The smallest absolute Gasteiger partial charge is 0.308 e. The number of carbonyl (C=O) groups is 4. The molecule has 0 fully saturated rings. The van der Waals surface area contributed by atoms with Crippen LogP contribution >= 0.6 is 0 Å². The molecule has 0 N–H and O–H groups in total. The Labute approximate surface area is 242 Å². The van der Waals surface area contributed by atoms with Crippen LogP contribution in [0.15, 0.2) is 36.4 Å². The molecule has 4 aromatic carbocycles. The summed E-state index contributed by atoms with van der Waals surface area (Å²) in [6, 6.07) is 9.98. The summed E-state index contributed by atoms with van der Waals surface area (Å²) in [6.45, 7) is 8.65. The zero-order chi connectivity index (χ0) is 30.9. The highest BCUT2D eigenvalue weighted by atomic mass is 16.6. The first kappa shape index (κ1) is 29.9. The van der Waals surface area contributed by atoms with Gasteiger partial charge in [0.05, 0.1) is 25.0 Å². The summed E-state index contributed by atoms with van der Waals surface area (Å²) in [5.74, 6) is -1.49. The third-order valence-electron chi connectivity index (χ3n) is 6.25. The molecule has 0 bridgehead atoms. The van der Waals surface area contributed by atoms with Gasteiger partial charge in [-0.15, -0.1) is 0 Å². The fourth-order valence-electron chi connectivity index (χ4n) is 4.88. The van der Waals surface area contributed by atoms with Gasteiger partial charge in [0.2, 0.25) is 0 Å². The molecule has 0 saturated heterocycles. The number of hydrogen-bond donors (Lipinski definition) is 0. The molecule has 10 nitrogen and oxygen atoms in total. The average molecular weight is 575 g/mol. The van der Waals surface area contributed by atoms with Crippen LogP contribution in [0.3, 0.4) is 0 Å². The van der Waals surface area contributed by atoms with E-state index in [1.807, 2.05) is 13.8 Å². The number of methoxy groups -OCH3 is 2. The van der Waals surface area contributed by atoms with Crippen LogP contribution in [0.25, 0.3) is 32.7 Å². The third-order valence-corrected chi connectivity index (χ3v) is 6.25. The lowest BCUT2D eigenvalue weighted by Crippen LogP contribution is -2.09. The van der Waals surface area contributed by atoms with Crippen molar-refractivity contribution in [3.63, 3.8) is 0 Å². The molecule has 4 aromatic rings. The minimum atomic E-state index is -0.649. The first-order chi connectivity index (χ1) is 19.8. The van der Waals surface area contributed by atoms with Gasteiger partial charge < -0.3 is 28.4 Å². The van der Waals surface area contributed by atoms with Crippen LogP contribution < -0.4 is 28.4 Å². The van der Waals surface area contributed by atoms with E-state index in [-0.39, 0.29) is 34.1 Å². The first-order valence-electron chi connectivity index (χ1n) is 12.9. The first-order valence-corrected chi connectivity index (χ1v) is 12.9. The monoisotopic (exact) mass is 574 g/mol. The molecule has 0 amide bonds. The van der Waals surface area contributed by atoms with E-state index in [1.165, 1.54) is 54.0 Å². The molecular formula is C32H30O10. The zero-order valence-corrected chi connectivity index (χ0v) is 24.5. The fraction of sp³-hybridized carbons (Fsp3) is 0.250. The molecule has 4 rings (SSSR count). The molecule has 0 saturated carbocycles. The number of rotatable bonds is 7. The van der Waals surface area contributed by atoms with Crippen molar-refractivity contribution in [2.45, 2.75) is 41.5 Å². The van der Waals surface area contributed by atoms with Gasteiger partial charge in [0.1, 0.15) is 23.0 Å². The van der Waals surface area contributed by atoms with E-state index in [0.29, 0.717) is 33.0 Å². The fourth-order valence-corrected chi connectivity index (χ4v) is 4.88. The van der Waals surface area contributed by atoms with Gasteiger partial charge in [-0.3, -0.25) is 19.2 Å². The summed E-state index contributed by atoms with van der Waals surface area (Å²) < 4.78 is 34.1. The maximum Gasteiger partial charge on any atom is 0.308 e. The Bertz CT molecular complexity index is 1650. The molecule has 10 heteroatoms. The molecule has 0 radical (unpaired) electrons. The number of benzene rings is 4.